The van der Waals surface area contributed by atoms with Crippen molar-refractivity contribution < 1.29 is 4.79 Å². The van der Waals surface area contributed by atoms with Gasteiger partial charge in [-0.3, -0.25) is 4.79 Å². The molecular weight excluding hydrogens is 388 g/mol. The number of carbonyl (C=O) groups is 1. The molecule has 2 amide bonds. The summed E-state index contributed by atoms with van der Waals surface area (Å²) < 4.78 is 1.39. The van der Waals surface area contributed by atoms with Gasteiger partial charge in [-0.25, -0.2) is 9.48 Å². The van der Waals surface area contributed by atoms with Gasteiger partial charge in [0.05, 0.1) is 5.69 Å². The Bertz CT molecular complexity index is 1070. The molecule has 6 heteroatoms. The lowest BCUT2D eigenvalue weighted by Crippen LogP contribution is -2.62. The van der Waals surface area contributed by atoms with Gasteiger partial charge in [-0.1, -0.05) is 26.0 Å². The second kappa shape index (κ2) is 7.50. The summed E-state index contributed by atoms with van der Waals surface area (Å²) >= 11 is 0. The summed E-state index contributed by atoms with van der Waals surface area (Å²) in [6.45, 7) is 7.31. The molecule has 0 unspecified atom stereocenters. The lowest BCUT2D eigenvalue weighted by molar-refractivity contribution is 0.0386. The van der Waals surface area contributed by atoms with Crippen molar-refractivity contribution in [3.63, 3.8) is 0 Å². The van der Waals surface area contributed by atoms with E-state index in [4.69, 9.17) is 0 Å². The van der Waals surface area contributed by atoms with Gasteiger partial charge in [-0.15, -0.1) is 0 Å². The van der Waals surface area contributed by atoms with Crippen LogP contribution in [0.1, 0.15) is 50.7 Å². The lowest BCUT2D eigenvalue weighted by atomic mass is 9.59. The second-order valence-electron chi connectivity index (χ2n) is 9.80. The van der Waals surface area contributed by atoms with E-state index < -0.39 is 0 Å². The molecular formula is C25H32N4O2. The van der Waals surface area contributed by atoms with Crippen LogP contribution in [0.15, 0.2) is 35.1 Å². The van der Waals surface area contributed by atoms with Crippen molar-refractivity contribution in [3.05, 3.63) is 51.8 Å². The number of benzene rings is 1. The highest BCUT2D eigenvalue weighted by atomic mass is 16.2. The number of rotatable bonds is 1. The first-order valence-electron chi connectivity index (χ1n) is 11.6. The number of aryl methyl sites for hydroxylation is 1. The largest absolute Gasteiger partial charge is 0.325 e. The SMILES string of the molecule is C[C@@H]1[C@H]2Cc3ccc(-c4ccc(=O)n(C)n4)cc3[C@]1(C)CCN2C(=O)N1CCCCC1. The number of aromatic nitrogens is 2. The van der Waals surface area contributed by atoms with E-state index in [1.54, 1.807) is 19.2 Å². The third-order valence-electron chi connectivity index (χ3n) is 8.14. The summed E-state index contributed by atoms with van der Waals surface area (Å²) in [5.41, 5.74) is 4.53. The molecule has 0 N–H and O–H groups in total. The van der Waals surface area contributed by atoms with E-state index in [1.807, 2.05) is 0 Å². The molecule has 1 aromatic carbocycles. The number of hydrogen-bond donors (Lipinski definition) is 0. The molecule has 0 saturated carbocycles. The van der Waals surface area contributed by atoms with E-state index in [1.165, 1.54) is 22.2 Å². The maximum absolute atomic E-state index is 13.3. The third kappa shape index (κ3) is 3.27. The summed E-state index contributed by atoms with van der Waals surface area (Å²) in [4.78, 5) is 29.3. The van der Waals surface area contributed by atoms with Crippen LogP contribution in [0, 0.1) is 5.92 Å². The van der Waals surface area contributed by atoms with Gasteiger partial charge in [0.15, 0.2) is 0 Å². The molecule has 3 atom stereocenters. The van der Waals surface area contributed by atoms with Crippen LogP contribution in [0.4, 0.5) is 4.79 Å². The van der Waals surface area contributed by atoms with Crippen LogP contribution >= 0.6 is 0 Å². The highest BCUT2D eigenvalue weighted by molar-refractivity contribution is 5.75. The van der Waals surface area contributed by atoms with Crippen LogP contribution in [0.2, 0.25) is 0 Å². The molecule has 2 fully saturated rings. The van der Waals surface area contributed by atoms with Gasteiger partial charge in [-0.2, -0.15) is 5.10 Å². The Morgan fingerprint density at radius 1 is 1.10 bits per heavy atom. The molecule has 6 nitrogen and oxygen atoms in total. The summed E-state index contributed by atoms with van der Waals surface area (Å²) in [5.74, 6) is 0.394. The van der Waals surface area contributed by atoms with Crippen molar-refractivity contribution in [1.29, 1.82) is 0 Å². The van der Waals surface area contributed by atoms with Gasteiger partial charge in [0.2, 0.25) is 0 Å². The van der Waals surface area contributed by atoms with Gasteiger partial charge in [0, 0.05) is 44.4 Å². The Morgan fingerprint density at radius 2 is 1.87 bits per heavy atom. The van der Waals surface area contributed by atoms with Crippen LogP contribution < -0.4 is 5.56 Å². The predicted molar refractivity (Wildman–Crippen MR) is 121 cm³/mol. The number of likely N-dealkylation sites (tertiary alicyclic amines) is 2. The predicted octanol–water partition coefficient (Wildman–Crippen LogP) is 3.58. The normalized spacial score (nSPS) is 27.7. The molecule has 0 radical (unpaired) electrons. The summed E-state index contributed by atoms with van der Waals surface area (Å²) in [5, 5.41) is 4.45. The van der Waals surface area contributed by atoms with Crippen LogP contribution in [-0.2, 0) is 18.9 Å². The zero-order valence-electron chi connectivity index (χ0n) is 18.8. The van der Waals surface area contributed by atoms with Gasteiger partial charge in [-0.05, 0) is 66.7 Å². The number of fused-ring (bicyclic) bond motifs is 4. The molecule has 2 saturated heterocycles. The molecule has 31 heavy (non-hydrogen) atoms. The zero-order valence-corrected chi connectivity index (χ0v) is 18.8. The quantitative estimate of drug-likeness (QED) is 0.709. The van der Waals surface area contributed by atoms with Crippen molar-refractivity contribution in [2.24, 2.45) is 13.0 Å². The molecule has 2 bridgehead atoms. The molecule has 164 valence electrons. The fraction of sp³-hybridized carbons (Fsp3) is 0.560. The van der Waals surface area contributed by atoms with Crippen molar-refractivity contribution in [2.45, 2.75) is 57.4 Å². The topological polar surface area (TPSA) is 58.4 Å². The molecule has 3 heterocycles. The average Bonchev–Trinajstić information content (AvgIpc) is 2.78. The van der Waals surface area contributed by atoms with E-state index in [-0.39, 0.29) is 23.0 Å². The van der Waals surface area contributed by atoms with Crippen molar-refractivity contribution in [1.82, 2.24) is 19.6 Å². The minimum atomic E-state index is -0.101. The number of amides is 2. The molecule has 3 aliphatic rings. The molecule has 2 aliphatic heterocycles. The van der Waals surface area contributed by atoms with Gasteiger partial charge in [0.25, 0.3) is 5.56 Å². The standard InChI is InChI=1S/C25H32N4O2/c1-17-22-16-18-7-8-19(21-9-10-23(30)27(3)26-21)15-20(18)25(17,2)11-14-29(22)24(31)28-12-5-4-6-13-28/h7-10,15,17,22H,4-6,11-14,16H2,1-3H3/t17-,22-,25-/m1/s1. The molecule has 5 rings (SSSR count). The van der Waals surface area contributed by atoms with Gasteiger partial charge in [0.1, 0.15) is 0 Å². The highest BCUT2D eigenvalue weighted by Gasteiger charge is 2.50. The number of urea groups is 1. The first-order chi connectivity index (χ1) is 14.9. The lowest BCUT2D eigenvalue weighted by Gasteiger charge is -2.55. The summed E-state index contributed by atoms with van der Waals surface area (Å²) in [6, 6.07) is 10.5. The third-order valence-corrected chi connectivity index (χ3v) is 8.14. The summed E-state index contributed by atoms with van der Waals surface area (Å²) in [7, 11) is 1.69. The first-order valence-corrected chi connectivity index (χ1v) is 11.6. The monoisotopic (exact) mass is 420 g/mol. The average molecular weight is 421 g/mol. The summed E-state index contributed by atoms with van der Waals surface area (Å²) in [6.07, 6.45) is 5.38. The van der Waals surface area contributed by atoms with Crippen molar-refractivity contribution in [3.8, 4) is 11.3 Å². The fourth-order valence-electron chi connectivity index (χ4n) is 5.94. The number of nitrogens with zero attached hydrogens (tertiary/aromatic N) is 4. The maximum Gasteiger partial charge on any atom is 0.320 e. The van der Waals surface area contributed by atoms with E-state index in [0.717, 1.165) is 56.6 Å². The smallest absolute Gasteiger partial charge is 0.320 e. The van der Waals surface area contributed by atoms with E-state index >= 15 is 0 Å². The zero-order chi connectivity index (χ0) is 21.8. The Kier molecular flexibility index (Phi) is 4.91. The van der Waals surface area contributed by atoms with Crippen molar-refractivity contribution >= 4 is 6.03 Å². The van der Waals surface area contributed by atoms with Crippen LogP contribution in [0.3, 0.4) is 0 Å². The number of carbonyl (C=O) groups excluding carboxylic acids is 1. The fourth-order valence-corrected chi connectivity index (χ4v) is 5.94. The van der Waals surface area contributed by atoms with Gasteiger partial charge < -0.3 is 9.80 Å². The molecule has 1 aliphatic carbocycles. The maximum atomic E-state index is 13.3. The Labute approximate surface area is 183 Å². The van der Waals surface area contributed by atoms with E-state index in [9.17, 15) is 9.59 Å². The van der Waals surface area contributed by atoms with Gasteiger partial charge >= 0.3 is 6.03 Å². The number of hydrogen-bond acceptors (Lipinski definition) is 3. The number of piperidine rings is 2. The Balaban J connectivity index is 1.48. The van der Waals surface area contributed by atoms with Crippen LogP contribution in [0.25, 0.3) is 11.3 Å². The highest BCUT2D eigenvalue weighted by Crippen LogP contribution is 2.49. The molecule has 0 spiro atoms. The van der Waals surface area contributed by atoms with E-state index in [2.05, 4.69) is 46.9 Å². The second-order valence-corrected chi connectivity index (χ2v) is 9.80. The molecule has 1 aromatic heterocycles. The van der Waals surface area contributed by atoms with Crippen molar-refractivity contribution in [2.75, 3.05) is 19.6 Å². The minimum absolute atomic E-state index is 0.0353. The van der Waals surface area contributed by atoms with E-state index in [0.29, 0.717) is 5.92 Å². The first kappa shape index (κ1) is 20.3. The van der Waals surface area contributed by atoms with Crippen LogP contribution in [0.5, 0.6) is 0 Å². The Hall–Kier alpha value is -2.63. The molecule has 2 aromatic rings. The Morgan fingerprint density at radius 3 is 2.61 bits per heavy atom. The minimum Gasteiger partial charge on any atom is -0.325 e. The van der Waals surface area contributed by atoms with Crippen LogP contribution in [-0.4, -0.2) is 51.3 Å².